The highest BCUT2D eigenvalue weighted by Gasteiger charge is 2.20. The summed E-state index contributed by atoms with van der Waals surface area (Å²) in [6.45, 7) is 0.780. The van der Waals surface area contributed by atoms with Gasteiger partial charge in [-0.2, -0.15) is 0 Å². The van der Waals surface area contributed by atoms with Crippen molar-refractivity contribution in [2.45, 2.75) is 19.4 Å². The molecule has 1 aromatic rings. The quantitative estimate of drug-likeness (QED) is 0.385. The first-order valence-corrected chi connectivity index (χ1v) is 7.61. The number of benzene rings is 1. The second-order valence-corrected chi connectivity index (χ2v) is 5.29. The van der Waals surface area contributed by atoms with E-state index in [1.807, 2.05) is 0 Å². The van der Waals surface area contributed by atoms with Gasteiger partial charge < -0.3 is 26.4 Å². The number of phenols is 1. The Morgan fingerprint density at radius 1 is 1.00 bits per heavy atom. The first-order valence-electron chi connectivity index (χ1n) is 7.61. The average Bonchev–Trinajstić information content (AvgIpc) is 2.58. The Hall–Kier alpha value is -3.10. The van der Waals surface area contributed by atoms with Gasteiger partial charge in [0.2, 0.25) is 23.6 Å². The summed E-state index contributed by atoms with van der Waals surface area (Å²) in [6, 6.07) is 5.35. The van der Waals surface area contributed by atoms with Crippen molar-refractivity contribution in [1.29, 1.82) is 0 Å². The molecule has 9 heteroatoms. The Morgan fingerprint density at radius 3 is 2.16 bits per heavy atom. The maximum Gasteiger partial charge on any atom is 0.243 e. The van der Waals surface area contributed by atoms with E-state index in [0.29, 0.717) is 0 Å². The summed E-state index contributed by atoms with van der Waals surface area (Å²) >= 11 is 0. The van der Waals surface area contributed by atoms with Gasteiger partial charge in [-0.15, -0.1) is 0 Å². The first kappa shape index (κ1) is 19.9. The third kappa shape index (κ3) is 7.82. The molecule has 9 nitrogen and oxygen atoms in total. The van der Waals surface area contributed by atoms with Gasteiger partial charge in [0.25, 0.3) is 0 Å². The smallest absolute Gasteiger partial charge is 0.243 e. The molecule has 0 heterocycles. The van der Waals surface area contributed by atoms with Crippen LogP contribution in [0.5, 0.6) is 5.75 Å². The minimum absolute atomic E-state index is 0.0945. The van der Waals surface area contributed by atoms with E-state index in [4.69, 9.17) is 0 Å². The molecule has 1 atom stereocenters. The molecule has 0 aliphatic heterocycles. The number of aromatic hydroxyl groups is 1. The van der Waals surface area contributed by atoms with Gasteiger partial charge in [-0.05, 0) is 17.7 Å². The molecule has 5 N–H and O–H groups in total. The molecule has 0 aliphatic carbocycles. The predicted octanol–water partition coefficient (Wildman–Crippen LogP) is -1.58. The molecule has 1 aromatic carbocycles. The van der Waals surface area contributed by atoms with E-state index in [9.17, 15) is 24.3 Å². The lowest BCUT2D eigenvalue weighted by Crippen LogP contribution is -2.50. The van der Waals surface area contributed by atoms with Crippen molar-refractivity contribution in [2.75, 3.05) is 20.1 Å². The van der Waals surface area contributed by atoms with Gasteiger partial charge in [0.15, 0.2) is 0 Å². The summed E-state index contributed by atoms with van der Waals surface area (Å²) in [5, 5.41) is 18.9. The number of carbonyl (C=O) groups is 4. The van der Waals surface area contributed by atoms with Crippen molar-refractivity contribution in [3.8, 4) is 5.75 Å². The van der Waals surface area contributed by atoms with E-state index in [1.54, 1.807) is 12.1 Å². The number of phenolic OH excluding ortho intramolecular Hbond substituents is 1. The van der Waals surface area contributed by atoms with Crippen molar-refractivity contribution >= 4 is 23.6 Å². The molecule has 0 fully saturated rings. The lowest BCUT2D eigenvalue weighted by Gasteiger charge is -2.17. The maximum atomic E-state index is 12.2. The highest BCUT2D eigenvalue weighted by Crippen LogP contribution is 2.11. The Labute approximate surface area is 145 Å². The zero-order valence-corrected chi connectivity index (χ0v) is 14.1. The molecular formula is C16H22N4O5. The topological polar surface area (TPSA) is 137 Å². The van der Waals surface area contributed by atoms with Gasteiger partial charge in [-0.3, -0.25) is 19.2 Å². The Kier molecular flexibility index (Phi) is 7.91. The van der Waals surface area contributed by atoms with E-state index in [0.717, 1.165) is 5.56 Å². The van der Waals surface area contributed by atoms with E-state index in [1.165, 1.54) is 26.1 Å². The number of likely N-dealkylation sites (N-methyl/N-ethyl adjacent to an activating group) is 1. The second kappa shape index (κ2) is 9.91. The maximum absolute atomic E-state index is 12.2. The number of rotatable bonds is 8. The number of nitrogens with one attached hydrogen (secondary N) is 4. The monoisotopic (exact) mass is 350 g/mol. The summed E-state index contributed by atoms with van der Waals surface area (Å²) in [6.07, 6.45) is 0.200. The van der Waals surface area contributed by atoms with Crippen molar-refractivity contribution in [3.05, 3.63) is 29.8 Å². The van der Waals surface area contributed by atoms with E-state index in [-0.39, 0.29) is 37.1 Å². The molecule has 1 rings (SSSR count). The van der Waals surface area contributed by atoms with Crippen LogP contribution in [0.1, 0.15) is 12.5 Å². The molecule has 4 amide bonds. The Bertz CT molecular complexity index is 630. The van der Waals surface area contributed by atoms with Crippen LogP contribution in [0.3, 0.4) is 0 Å². The van der Waals surface area contributed by atoms with Crippen LogP contribution in [0.15, 0.2) is 24.3 Å². The Balaban J connectivity index is 2.58. The first-order chi connectivity index (χ1) is 11.8. The third-order valence-corrected chi connectivity index (χ3v) is 3.22. The minimum Gasteiger partial charge on any atom is -0.508 e. The Morgan fingerprint density at radius 2 is 1.60 bits per heavy atom. The van der Waals surface area contributed by atoms with Gasteiger partial charge in [0.1, 0.15) is 11.8 Å². The highest BCUT2D eigenvalue weighted by atomic mass is 16.3. The summed E-state index contributed by atoms with van der Waals surface area (Å²) in [5.74, 6) is -1.70. The molecule has 0 aromatic heterocycles. The lowest BCUT2D eigenvalue weighted by molar-refractivity contribution is -0.130. The van der Waals surface area contributed by atoms with Crippen molar-refractivity contribution in [3.63, 3.8) is 0 Å². The summed E-state index contributed by atoms with van der Waals surface area (Å²) in [4.78, 5) is 46.1. The van der Waals surface area contributed by atoms with Crippen molar-refractivity contribution in [1.82, 2.24) is 21.3 Å². The summed E-state index contributed by atoms with van der Waals surface area (Å²) < 4.78 is 0. The van der Waals surface area contributed by atoms with Crippen LogP contribution >= 0.6 is 0 Å². The molecule has 0 saturated carbocycles. The number of hydrogen-bond acceptors (Lipinski definition) is 5. The van der Waals surface area contributed by atoms with Crippen LogP contribution in [-0.4, -0.2) is 54.9 Å². The van der Waals surface area contributed by atoms with Gasteiger partial charge in [0, 0.05) is 20.4 Å². The van der Waals surface area contributed by atoms with Crippen LogP contribution in [0.4, 0.5) is 0 Å². The molecule has 0 unspecified atom stereocenters. The van der Waals surface area contributed by atoms with E-state index < -0.39 is 17.9 Å². The molecule has 0 bridgehead atoms. The SMILES string of the molecule is CNC(=O)CNC(=O)CNC(=O)[C@H](Cc1ccc(O)cc1)NC(C)=O. The molecule has 0 radical (unpaired) electrons. The van der Waals surface area contributed by atoms with Crippen molar-refractivity contribution in [2.24, 2.45) is 0 Å². The fourth-order valence-corrected chi connectivity index (χ4v) is 1.94. The fourth-order valence-electron chi connectivity index (χ4n) is 1.94. The van der Waals surface area contributed by atoms with Crippen LogP contribution in [0, 0.1) is 0 Å². The minimum atomic E-state index is -0.867. The third-order valence-electron chi connectivity index (χ3n) is 3.22. The zero-order chi connectivity index (χ0) is 18.8. The zero-order valence-electron chi connectivity index (χ0n) is 14.1. The normalized spacial score (nSPS) is 11.1. The second-order valence-electron chi connectivity index (χ2n) is 5.29. The molecule has 0 spiro atoms. The lowest BCUT2D eigenvalue weighted by atomic mass is 10.0. The number of hydrogen-bond donors (Lipinski definition) is 5. The molecule has 0 saturated heterocycles. The summed E-state index contributed by atoms with van der Waals surface area (Å²) in [7, 11) is 1.44. The van der Waals surface area contributed by atoms with Crippen LogP contribution in [0.25, 0.3) is 0 Å². The molecule has 136 valence electrons. The molecule has 0 aliphatic rings. The van der Waals surface area contributed by atoms with Crippen LogP contribution in [0.2, 0.25) is 0 Å². The number of carbonyl (C=O) groups excluding carboxylic acids is 4. The number of amides is 4. The largest absolute Gasteiger partial charge is 0.508 e. The molecular weight excluding hydrogens is 328 g/mol. The van der Waals surface area contributed by atoms with Crippen molar-refractivity contribution < 1.29 is 24.3 Å². The van der Waals surface area contributed by atoms with E-state index >= 15 is 0 Å². The average molecular weight is 350 g/mol. The van der Waals surface area contributed by atoms with Crippen LogP contribution < -0.4 is 21.3 Å². The predicted molar refractivity (Wildman–Crippen MR) is 89.5 cm³/mol. The van der Waals surface area contributed by atoms with Gasteiger partial charge >= 0.3 is 0 Å². The standard InChI is InChI=1S/C16H22N4O5/c1-10(21)20-13(7-11-3-5-12(22)6-4-11)16(25)19-9-15(24)18-8-14(23)17-2/h3-6,13,22H,7-9H2,1-2H3,(H,17,23)(H,18,24)(H,19,25)(H,20,21)/t13-/m0/s1. The van der Waals surface area contributed by atoms with E-state index in [2.05, 4.69) is 21.3 Å². The fraction of sp³-hybridized carbons (Fsp3) is 0.375. The highest BCUT2D eigenvalue weighted by molar-refractivity contribution is 5.91. The molecule has 25 heavy (non-hydrogen) atoms. The van der Waals surface area contributed by atoms with Gasteiger partial charge in [-0.1, -0.05) is 12.1 Å². The van der Waals surface area contributed by atoms with Crippen LogP contribution in [-0.2, 0) is 25.6 Å². The summed E-state index contributed by atoms with van der Waals surface area (Å²) in [5.41, 5.74) is 0.732. The van der Waals surface area contributed by atoms with Gasteiger partial charge in [-0.25, -0.2) is 0 Å². The van der Waals surface area contributed by atoms with Gasteiger partial charge in [0.05, 0.1) is 13.1 Å².